The van der Waals surface area contributed by atoms with E-state index in [2.05, 4.69) is 15.5 Å². The lowest BCUT2D eigenvalue weighted by Crippen LogP contribution is -2.24. The van der Waals surface area contributed by atoms with E-state index >= 15 is 0 Å². The van der Waals surface area contributed by atoms with Crippen LogP contribution in [-0.4, -0.2) is 38.2 Å². The lowest BCUT2D eigenvalue weighted by molar-refractivity contribution is 0.0953. The van der Waals surface area contributed by atoms with Crippen molar-refractivity contribution in [3.05, 3.63) is 71.6 Å². The number of aryl methyl sites for hydroxylation is 1. The van der Waals surface area contributed by atoms with Crippen molar-refractivity contribution in [2.24, 2.45) is 0 Å². The molecule has 1 N–H and O–H groups in total. The molecule has 8 nitrogen and oxygen atoms in total. The van der Waals surface area contributed by atoms with Gasteiger partial charge in [-0.3, -0.25) is 4.79 Å². The van der Waals surface area contributed by atoms with Crippen LogP contribution in [-0.2, 0) is 22.0 Å². The van der Waals surface area contributed by atoms with Crippen LogP contribution < -0.4 is 10.1 Å². The lowest BCUT2D eigenvalue weighted by Gasteiger charge is -2.05. The molecule has 0 aliphatic heterocycles. The van der Waals surface area contributed by atoms with Gasteiger partial charge in [-0.25, -0.2) is 8.42 Å². The van der Waals surface area contributed by atoms with Gasteiger partial charge in [0.2, 0.25) is 15.7 Å². The number of aromatic nitrogens is 2. The molecule has 3 aromatic rings. The van der Waals surface area contributed by atoms with Crippen LogP contribution in [0.4, 0.5) is 0 Å². The molecule has 1 amide bonds. The highest BCUT2D eigenvalue weighted by molar-refractivity contribution is 7.90. The number of carbonyl (C=O) groups is 1. The van der Waals surface area contributed by atoms with Crippen LogP contribution in [0.5, 0.6) is 5.75 Å². The first kappa shape index (κ1) is 20.5. The predicted molar refractivity (Wildman–Crippen MR) is 105 cm³/mol. The third-order valence-electron chi connectivity index (χ3n) is 4.12. The van der Waals surface area contributed by atoms with Crippen LogP contribution in [0, 0.1) is 0 Å². The molecule has 0 fully saturated rings. The van der Waals surface area contributed by atoms with Crippen molar-refractivity contribution >= 4 is 15.7 Å². The third kappa shape index (κ3) is 5.64. The number of nitrogens with one attached hydrogen (secondary N) is 1. The second kappa shape index (κ2) is 9.33. The molecule has 2 aromatic carbocycles. The quantitative estimate of drug-likeness (QED) is 0.534. The lowest BCUT2D eigenvalue weighted by atomic mass is 10.2. The Hall–Kier alpha value is -3.20. The monoisotopic (exact) mass is 415 g/mol. The van der Waals surface area contributed by atoms with E-state index in [9.17, 15) is 13.2 Å². The van der Waals surface area contributed by atoms with E-state index in [0.717, 1.165) is 0 Å². The fourth-order valence-electron chi connectivity index (χ4n) is 2.61. The predicted octanol–water partition coefficient (Wildman–Crippen LogP) is 2.41. The maximum absolute atomic E-state index is 12.4. The van der Waals surface area contributed by atoms with Gasteiger partial charge in [0.25, 0.3) is 5.91 Å². The summed E-state index contributed by atoms with van der Waals surface area (Å²) in [7, 11) is -2.14. The number of hydrogen-bond acceptors (Lipinski definition) is 7. The molecule has 0 aliphatic carbocycles. The number of hydrogen-bond donors (Lipinski definition) is 1. The average molecular weight is 415 g/mol. The van der Waals surface area contributed by atoms with E-state index in [1.165, 1.54) is 0 Å². The number of sulfone groups is 1. The van der Waals surface area contributed by atoms with Gasteiger partial charge in [-0.15, -0.1) is 5.10 Å². The molecular weight excluding hydrogens is 394 g/mol. The van der Waals surface area contributed by atoms with E-state index in [0.29, 0.717) is 36.3 Å². The first-order chi connectivity index (χ1) is 14.0. The molecule has 3 rings (SSSR count). The zero-order valence-corrected chi connectivity index (χ0v) is 16.7. The molecule has 0 saturated heterocycles. The van der Waals surface area contributed by atoms with Crippen LogP contribution in [0.3, 0.4) is 0 Å². The summed E-state index contributed by atoms with van der Waals surface area (Å²) in [6.45, 7) is 0.388. The van der Waals surface area contributed by atoms with Crippen molar-refractivity contribution in [1.82, 2.24) is 15.5 Å². The molecular formula is C20H21N3O5S. The third-order valence-corrected chi connectivity index (χ3v) is 5.53. The Morgan fingerprint density at radius 3 is 2.48 bits per heavy atom. The number of benzene rings is 2. The normalized spacial score (nSPS) is 11.2. The molecule has 0 spiro atoms. The fourth-order valence-corrected chi connectivity index (χ4v) is 3.75. The molecule has 0 aliphatic rings. The number of amides is 1. The van der Waals surface area contributed by atoms with E-state index in [1.807, 2.05) is 6.07 Å². The van der Waals surface area contributed by atoms with Crippen molar-refractivity contribution < 1.29 is 22.4 Å². The fraction of sp³-hybridized carbons (Fsp3) is 0.250. The summed E-state index contributed by atoms with van der Waals surface area (Å²) in [5.74, 6) is 0.489. The number of rotatable bonds is 9. The molecule has 1 heterocycles. The highest BCUT2D eigenvalue weighted by Crippen LogP contribution is 2.16. The molecule has 0 unspecified atom stereocenters. The summed E-state index contributed by atoms with van der Waals surface area (Å²) in [5, 5.41) is 9.85. The summed E-state index contributed by atoms with van der Waals surface area (Å²) >= 11 is 0. The zero-order valence-electron chi connectivity index (χ0n) is 15.9. The zero-order chi connectivity index (χ0) is 20.7. The van der Waals surface area contributed by atoms with E-state index in [1.54, 1.807) is 55.6 Å². The summed E-state index contributed by atoms with van der Waals surface area (Å²) in [5.41, 5.74) is 1.17. The van der Waals surface area contributed by atoms with Crippen molar-refractivity contribution in [3.63, 3.8) is 0 Å². The minimum absolute atomic E-state index is 0.201. The second-order valence-corrected chi connectivity index (χ2v) is 8.16. The van der Waals surface area contributed by atoms with Crippen LogP contribution in [0.1, 0.15) is 28.2 Å². The molecule has 29 heavy (non-hydrogen) atoms. The van der Waals surface area contributed by atoms with Crippen molar-refractivity contribution in [2.75, 3.05) is 13.7 Å². The van der Waals surface area contributed by atoms with Crippen LogP contribution in [0.15, 0.2) is 64.2 Å². The van der Waals surface area contributed by atoms with Gasteiger partial charge in [0.1, 0.15) is 5.75 Å². The number of methoxy groups -OCH3 is 1. The largest absolute Gasteiger partial charge is 0.497 e. The molecule has 9 heteroatoms. The van der Waals surface area contributed by atoms with Gasteiger partial charge in [0.15, 0.2) is 0 Å². The second-order valence-electron chi connectivity index (χ2n) is 6.29. The Kier molecular flexibility index (Phi) is 6.61. The van der Waals surface area contributed by atoms with Crippen molar-refractivity contribution in [1.29, 1.82) is 0 Å². The van der Waals surface area contributed by atoms with Crippen molar-refractivity contribution in [2.45, 2.75) is 23.8 Å². The van der Waals surface area contributed by atoms with E-state index < -0.39 is 15.1 Å². The molecule has 0 saturated carbocycles. The van der Waals surface area contributed by atoms with Crippen LogP contribution >= 0.6 is 0 Å². The minimum atomic E-state index is -3.70. The summed E-state index contributed by atoms with van der Waals surface area (Å²) in [6.07, 6.45) is 0.888. The first-order valence-corrected chi connectivity index (χ1v) is 10.6. The molecule has 1 aromatic heterocycles. The standard InChI is InChI=1S/C20H21N3O5S/c1-27-17-11-9-16(10-12-17)19(24)21-13-5-8-18-22-23-20(28-18)29(25,26)14-15-6-3-2-4-7-15/h2-4,6-7,9-12H,5,8,13-14H2,1H3,(H,21,24). The summed E-state index contributed by atoms with van der Waals surface area (Å²) in [6, 6.07) is 15.6. The molecule has 152 valence electrons. The number of nitrogens with zero attached hydrogens (tertiary/aromatic N) is 2. The first-order valence-electron chi connectivity index (χ1n) is 8.99. The maximum Gasteiger partial charge on any atom is 0.335 e. The Labute approximate surface area is 168 Å². The van der Waals surface area contributed by atoms with Gasteiger partial charge in [-0.2, -0.15) is 0 Å². The van der Waals surface area contributed by atoms with E-state index in [4.69, 9.17) is 9.15 Å². The Morgan fingerprint density at radius 1 is 1.07 bits per heavy atom. The SMILES string of the molecule is COc1ccc(C(=O)NCCCc2nnc(S(=O)(=O)Cc3ccccc3)o2)cc1. The summed E-state index contributed by atoms with van der Waals surface area (Å²) < 4.78 is 35.1. The minimum Gasteiger partial charge on any atom is -0.497 e. The smallest absolute Gasteiger partial charge is 0.335 e. The van der Waals surface area contributed by atoms with Gasteiger partial charge in [-0.1, -0.05) is 35.4 Å². The summed E-state index contributed by atoms with van der Waals surface area (Å²) in [4.78, 5) is 12.1. The Bertz CT molecular complexity index is 1050. The van der Waals surface area contributed by atoms with Gasteiger partial charge >= 0.3 is 5.22 Å². The van der Waals surface area contributed by atoms with Crippen molar-refractivity contribution in [3.8, 4) is 5.75 Å². The van der Waals surface area contributed by atoms with Crippen LogP contribution in [0.25, 0.3) is 0 Å². The molecule has 0 radical (unpaired) electrons. The average Bonchev–Trinajstić information content (AvgIpc) is 3.21. The maximum atomic E-state index is 12.4. The Morgan fingerprint density at radius 2 is 1.79 bits per heavy atom. The number of ether oxygens (including phenoxy) is 1. The highest BCUT2D eigenvalue weighted by Gasteiger charge is 2.22. The van der Waals surface area contributed by atoms with Gasteiger partial charge in [0.05, 0.1) is 12.9 Å². The van der Waals surface area contributed by atoms with Crippen LogP contribution in [0.2, 0.25) is 0 Å². The van der Waals surface area contributed by atoms with Gasteiger partial charge < -0.3 is 14.5 Å². The molecule has 0 bridgehead atoms. The number of carbonyl (C=O) groups excluding carboxylic acids is 1. The molecule has 0 atom stereocenters. The Balaban J connectivity index is 1.48. The highest BCUT2D eigenvalue weighted by atomic mass is 32.2. The van der Waals surface area contributed by atoms with Gasteiger partial charge in [0, 0.05) is 18.5 Å². The topological polar surface area (TPSA) is 111 Å². The van der Waals surface area contributed by atoms with Gasteiger partial charge in [-0.05, 0) is 36.2 Å². The van der Waals surface area contributed by atoms with E-state index in [-0.39, 0.29) is 17.6 Å².